The predicted octanol–water partition coefficient (Wildman–Crippen LogP) is 1.96. The van der Waals surface area contributed by atoms with Crippen molar-refractivity contribution in [3.63, 3.8) is 0 Å². The highest BCUT2D eigenvalue weighted by Crippen LogP contribution is 2.18. The minimum absolute atomic E-state index is 0.00412. The molecule has 0 spiro atoms. The summed E-state index contributed by atoms with van der Waals surface area (Å²) in [6.07, 6.45) is 0. The maximum absolute atomic E-state index is 8.50. The molecule has 0 amide bonds. The second kappa shape index (κ2) is 5.92. The molecule has 0 N–H and O–H groups in total. The van der Waals surface area contributed by atoms with Crippen LogP contribution in [0.25, 0.3) is 11.0 Å². The maximum atomic E-state index is 8.50. The van der Waals surface area contributed by atoms with Crippen molar-refractivity contribution in [3.8, 4) is 11.8 Å². The van der Waals surface area contributed by atoms with E-state index in [1.54, 1.807) is 18.2 Å². The van der Waals surface area contributed by atoms with Gasteiger partial charge >= 0.3 is 0 Å². The van der Waals surface area contributed by atoms with Gasteiger partial charge in [-0.3, -0.25) is 0 Å². The molecule has 0 saturated carbocycles. The van der Waals surface area contributed by atoms with Gasteiger partial charge in [-0.25, -0.2) is 0 Å². The van der Waals surface area contributed by atoms with E-state index in [0.29, 0.717) is 17.9 Å². The molecule has 0 radical (unpaired) electrons. The number of nitrogens with zero attached hydrogens (tertiary/aromatic N) is 4. The van der Waals surface area contributed by atoms with Crippen molar-refractivity contribution in [2.75, 3.05) is 6.61 Å². The standard InChI is InChI=1S/C15H12N4O2/c16-8-9-20-13-6-7-15-14(10-13)17-18-19(15)21-11-12-4-2-1-3-5-12/h1-7,10H,9,11H2. The van der Waals surface area contributed by atoms with Crippen LogP contribution in [0.1, 0.15) is 5.56 Å². The van der Waals surface area contributed by atoms with Crippen molar-refractivity contribution in [2.45, 2.75) is 6.61 Å². The first-order chi connectivity index (χ1) is 10.4. The molecular formula is C15H12N4O2. The van der Waals surface area contributed by atoms with Crippen LogP contribution in [0.4, 0.5) is 0 Å². The van der Waals surface area contributed by atoms with Crippen LogP contribution in [0.5, 0.6) is 5.75 Å². The first-order valence-electron chi connectivity index (χ1n) is 6.39. The van der Waals surface area contributed by atoms with E-state index in [4.69, 9.17) is 14.8 Å². The van der Waals surface area contributed by atoms with Crippen LogP contribution in [0, 0.1) is 11.3 Å². The van der Waals surface area contributed by atoms with Crippen LogP contribution in [0.2, 0.25) is 0 Å². The molecule has 6 heteroatoms. The number of ether oxygens (including phenoxy) is 1. The summed E-state index contributed by atoms with van der Waals surface area (Å²) in [5, 5.41) is 16.5. The lowest BCUT2D eigenvalue weighted by Gasteiger charge is -2.05. The van der Waals surface area contributed by atoms with E-state index in [0.717, 1.165) is 11.1 Å². The molecule has 1 heterocycles. The molecule has 1 aromatic heterocycles. The van der Waals surface area contributed by atoms with Crippen molar-refractivity contribution in [1.82, 2.24) is 15.2 Å². The zero-order valence-electron chi connectivity index (χ0n) is 11.1. The Hall–Kier alpha value is -3.07. The van der Waals surface area contributed by atoms with Gasteiger partial charge in [0.15, 0.2) is 6.61 Å². The number of aromatic nitrogens is 3. The number of benzene rings is 2. The van der Waals surface area contributed by atoms with Crippen molar-refractivity contribution in [1.29, 1.82) is 5.26 Å². The Labute approximate surface area is 121 Å². The van der Waals surface area contributed by atoms with E-state index in [-0.39, 0.29) is 6.61 Å². The summed E-state index contributed by atoms with van der Waals surface area (Å²) in [6.45, 7) is 0.413. The van der Waals surface area contributed by atoms with Gasteiger partial charge in [0.1, 0.15) is 29.5 Å². The molecule has 0 unspecified atom stereocenters. The molecule has 6 nitrogen and oxygen atoms in total. The minimum atomic E-state index is 0.00412. The first-order valence-corrected chi connectivity index (χ1v) is 6.39. The number of nitriles is 1. The van der Waals surface area contributed by atoms with Crippen LogP contribution in [0.15, 0.2) is 48.5 Å². The van der Waals surface area contributed by atoms with E-state index in [9.17, 15) is 0 Å². The van der Waals surface area contributed by atoms with Crippen LogP contribution in [-0.2, 0) is 6.61 Å². The van der Waals surface area contributed by atoms with E-state index >= 15 is 0 Å². The third-order valence-corrected chi connectivity index (χ3v) is 2.89. The van der Waals surface area contributed by atoms with Crippen molar-refractivity contribution >= 4 is 11.0 Å². The molecular weight excluding hydrogens is 268 g/mol. The average molecular weight is 280 g/mol. The summed E-state index contributed by atoms with van der Waals surface area (Å²) < 4.78 is 5.22. The largest absolute Gasteiger partial charge is 0.479 e. The molecule has 0 aliphatic carbocycles. The Bertz CT molecular complexity index is 777. The summed E-state index contributed by atoms with van der Waals surface area (Å²) in [7, 11) is 0. The zero-order valence-corrected chi connectivity index (χ0v) is 11.1. The van der Waals surface area contributed by atoms with Crippen molar-refractivity contribution in [3.05, 3.63) is 54.1 Å². The summed E-state index contributed by atoms with van der Waals surface area (Å²) >= 11 is 0. The number of hydrogen-bond donors (Lipinski definition) is 0. The maximum Gasteiger partial charge on any atom is 0.174 e. The molecule has 0 saturated heterocycles. The Morgan fingerprint density at radius 1 is 1.14 bits per heavy atom. The zero-order chi connectivity index (χ0) is 14.5. The SMILES string of the molecule is N#CCOc1ccc2c(c1)nnn2OCc1ccccc1. The third kappa shape index (κ3) is 2.92. The monoisotopic (exact) mass is 280 g/mol. The number of rotatable bonds is 5. The summed E-state index contributed by atoms with van der Waals surface area (Å²) in [5.41, 5.74) is 2.45. The molecule has 104 valence electrons. The van der Waals surface area contributed by atoms with Crippen LogP contribution >= 0.6 is 0 Å². The van der Waals surface area contributed by atoms with Gasteiger partial charge in [-0.05, 0) is 22.9 Å². The van der Waals surface area contributed by atoms with Gasteiger partial charge < -0.3 is 9.57 Å². The summed E-state index contributed by atoms with van der Waals surface area (Å²) in [6, 6.07) is 17.0. The quantitative estimate of drug-likeness (QED) is 0.714. The number of fused-ring (bicyclic) bond motifs is 1. The minimum Gasteiger partial charge on any atom is -0.479 e. The normalized spacial score (nSPS) is 10.2. The van der Waals surface area contributed by atoms with Crippen LogP contribution < -0.4 is 9.57 Å². The fourth-order valence-electron chi connectivity index (χ4n) is 1.89. The van der Waals surface area contributed by atoms with E-state index < -0.39 is 0 Å². The Kier molecular flexibility index (Phi) is 3.65. The predicted molar refractivity (Wildman–Crippen MR) is 75.4 cm³/mol. The van der Waals surface area contributed by atoms with Gasteiger partial charge in [0.2, 0.25) is 0 Å². The van der Waals surface area contributed by atoms with Crippen LogP contribution in [-0.4, -0.2) is 21.8 Å². The van der Waals surface area contributed by atoms with Gasteiger partial charge in [-0.15, -0.1) is 5.10 Å². The molecule has 21 heavy (non-hydrogen) atoms. The Morgan fingerprint density at radius 3 is 2.81 bits per heavy atom. The smallest absolute Gasteiger partial charge is 0.174 e. The fraction of sp³-hybridized carbons (Fsp3) is 0.133. The topological polar surface area (TPSA) is 73.0 Å². The second-order valence-electron chi connectivity index (χ2n) is 4.32. The van der Waals surface area contributed by atoms with Crippen molar-refractivity contribution in [2.24, 2.45) is 0 Å². The third-order valence-electron chi connectivity index (χ3n) is 2.89. The second-order valence-corrected chi connectivity index (χ2v) is 4.32. The van der Waals surface area contributed by atoms with E-state index in [2.05, 4.69) is 10.3 Å². The number of hydrogen-bond acceptors (Lipinski definition) is 5. The highest BCUT2D eigenvalue weighted by atomic mass is 16.7. The first kappa shape index (κ1) is 12.9. The fourth-order valence-corrected chi connectivity index (χ4v) is 1.89. The molecule has 0 fully saturated rings. The van der Waals surface area contributed by atoms with Gasteiger partial charge in [0, 0.05) is 6.07 Å². The van der Waals surface area contributed by atoms with E-state index in [1.165, 1.54) is 4.85 Å². The summed E-state index contributed by atoms with van der Waals surface area (Å²) in [4.78, 5) is 7.00. The highest BCUT2D eigenvalue weighted by molar-refractivity contribution is 5.75. The molecule has 0 aliphatic rings. The highest BCUT2D eigenvalue weighted by Gasteiger charge is 2.07. The lowest BCUT2D eigenvalue weighted by atomic mass is 10.2. The molecule has 0 bridgehead atoms. The Balaban J connectivity index is 1.76. The Morgan fingerprint density at radius 2 is 2.00 bits per heavy atom. The van der Waals surface area contributed by atoms with Gasteiger partial charge in [-0.1, -0.05) is 35.2 Å². The average Bonchev–Trinajstić information content (AvgIpc) is 2.94. The van der Waals surface area contributed by atoms with Crippen molar-refractivity contribution < 1.29 is 9.57 Å². The molecule has 3 aromatic rings. The molecule has 0 atom stereocenters. The molecule has 0 aliphatic heterocycles. The van der Waals surface area contributed by atoms with E-state index in [1.807, 2.05) is 36.4 Å². The van der Waals surface area contributed by atoms with Gasteiger partial charge in [-0.2, -0.15) is 5.26 Å². The summed E-state index contributed by atoms with van der Waals surface area (Å²) in [5.74, 6) is 0.583. The van der Waals surface area contributed by atoms with Gasteiger partial charge in [0.25, 0.3) is 0 Å². The lowest BCUT2D eigenvalue weighted by Crippen LogP contribution is -2.12. The van der Waals surface area contributed by atoms with Gasteiger partial charge in [0.05, 0.1) is 0 Å². The molecule has 2 aromatic carbocycles. The lowest BCUT2D eigenvalue weighted by molar-refractivity contribution is 0.0751. The van der Waals surface area contributed by atoms with Crippen LogP contribution in [0.3, 0.4) is 0 Å². The molecule has 3 rings (SSSR count).